The van der Waals surface area contributed by atoms with Crippen molar-refractivity contribution in [2.24, 2.45) is 0 Å². The molecule has 0 spiro atoms. The highest BCUT2D eigenvalue weighted by Crippen LogP contribution is 2.22. The quantitative estimate of drug-likeness (QED) is 0.870. The second-order valence-corrected chi connectivity index (χ2v) is 7.27. The predicted molar refractivity (Wildman–Crippen MR) is 84.6 cm³/mol. The first-order valence-electron chi connectivity index (χ1n) is 7.00. The normalized spacial score (nSPS) is 11.7. The van der Waals surface area contributed by atoms with Gasteiger partial charge in [0.05, 0.1) is 11.0 Å². The number of hydrogen-bond donors (Lipinski definition) is 1. The molecule has 0 aromatic heterocycles. The number of sulfonamides is 1. The molecule has 0 heterocycles. The SMILES string of the molecule is CC(C)N(C(C)C)S(=O)(=O)c1ccc(NC(=O)CC#N)cc1. The summed E-state index contributed by atoms with van der Waals surface area (Å²) in [5.41, 5.74) is 0.458. The summed E-state index contributed by atoms with van der Waals surface area (Å²) in [7, 11) is -3.59. The highest BCUT2D eigenvalue weighted by molar-refractivity contribution is 7.89. The van der Waals surface area contributed by atoms with Crippen LogP contribution in [0.2, 0.25) is 0 Å². The number of anilines is 1. The van der Waals surface area contributed by atoms with Gasteiger partial charge in [0.2, 0.25) is 15.9 Å². The molecule has 0 aliphatic carbocycles. The van der Waals surface area contributed by atoms with Crippen LogP contribution in [-0.2, 0) is 14.8 Å². The molecule has 6 nitrogen and oxygen atoms in total. The van der Waals surface area contributed by atoms with Crippen molar-refractivity contribution in [3.05, 3.63) is 24.3 Å². The molecule has 0 aliphatic heterocycles. The topological polar surface area (TPSA) is 90.3 Å². The van der Waals surface area contributed by atoms with Crippen molar-refractivity contribution in [2.75, 3.05) is 5.32 Å². The number of carbonyl (C=O) groups is 1. The minimum Gasteiger partial charge on any atom is -0.325 e. The molecule has 1 aromatic carbocycles. The Kier molecular flexibility index (Phi) is 6.09. The minimum atomic E-state index is -3.59. The van der Waals surface area contributed by atoms with Gasteiger partial charge in [-0.05, 0) is 52.0 Å². The summed E-state index contributed by atoms with van der Waals surface area (Å²) >= 11 is 0. The smallest absolute Gasteiger partial charge is 0.243 e. The Morgan fingerprint density at radius 2 is 1.68 bits per heavy atom. The average Bonchev–Trinajstić information content (AvgIpc) is 2.38. The van der Waals surface area contributed by atoms with Crippen molar-refractivity contribution >= 4 is 21.6 Å². The third-order valence-corrected chi connectivity index (χ3v) is 5.24. The van der Waals surface area contributed by atoms with E-state index in [9.17, 15) is 13.2 Å². The van der Waals surface area contributed by atoms with Crippen LogP contribution in [0.15, 0.2) is 29.2 Å². The molecule has 22 heavy (non-hydrogen) atoms. The highest BCUT2D eigenvalue weighted by atomic mass is 32.2. The zero-order chi connectivity index (χ0) is 16.9. The van der Waals surface area contributed by atoms with Crippen LogP contribution in [0.25, 0.3) is 0 Å². The molecule has 0 radical (unpaired) electrons. The molecule has 0 unspecified atom stereocenters. The largest absolute Gasteiger partial charge is 0.325 e. The number of benzene rings is 1. The number of nitrogens with zero attached hydrogens (tertiary/aromatic N) is 2. The third-order valence-electron chi connectivity index (χ3n) is 2.97. The van der Waals surface area contributed by atoms with Gasteiger partial charge < -0.3 is 5.32 Å². The second kappa shape index (κ2) is 7.38. The number of hydrogen-bond acceptors (Lipinski definition) is 4. The number of nitriles is 1. The highest BCUT2D eigenvalue weighted by Gasteiger charge is 2.29. The molecule has 1 amide bonds. The Labute approximate surface area is 131 Å². The maximum Gasteiger partial charge on any atom is 0.243 e. The first-order valence-corrected chi connectivity index (χ1v) is 8.44. The lowest BCUT2D eigenvalue weighted by molar-refractivity contribution is -0.115. The van der Waals surface area contributed by atoms with Gasteiger partial charge in [0, 0.05) is 17.8 Å². The molecular weight excluding hydrogens is 302 g/mol. The van der Waals surface area contributed by atoms with Crippen LogP contribution in [0.3, 0.4) is 0 Å². The van der Waals surface area contributed by atoms with Crippen LogP contribution in [0.1, 0.15) is 34.1 Å². The maximum atomic E-state index is 12.6. The van der Waals surface area contributed by atoms with Gasteiger partial charge in [-0.25, -0.2) is 8.42 Å². The molecule has 7 heteroatoms. The first-order chi connectivity index (χ1) is 10.2. The fourth-order valence-electron chi connectivity index (χ4n) is 2.26. The molecule has 0 saturated carbocycles. The first kappa shape index (κ1) is 18.1. The van der Waals surface area contributed by atoms with Crippen LogP contribution in [0, 0.1) is 11.3 Å². The van der Waals surface area contributed by atoms with Crippen molar-refractivity contribution in [3.8, 4) is 6.07 Å². The molecule has 0 fully saturated rings. The Morgan fingerprint density at radius 1 is 1.18 bits per heavy atom. The Bertz CT molecular complexity index is 650. The lowest BCUT2D eigenvalue weighted by Crippen LogP contribution is -2.41. The Morgan fingerprint density at radius 3 is 2.09 bits per heavy atom. The van der Waals surface area contributed by atoms with Crippen molar-refractivity contribution in [1.29, 1.82) is 5.26 Å². The van der Waals surface area contributed by atoms with Crippen LogP contribution in [0.5, 0.6) is 0 Å². The molecule has 120 valence electrons. The Hall–Kier alpha value is -1.91. The second-order valence-electron chi connectivity index (χ2n) is 5.43. The molecule has 0 bridgehead atoms. The van der Waals surface area contributed by atoms with Crippen molar-refractivity contribution in [3.63, 3.8) is 0 Å². The van der Waals surface area contributed by atoms with Crippen molar-refractivity contribution in [1.82, 2.24) is 4.31 Å². The standard InChI is InChI=1S/C15H21N3O3S/c1-11(2)18(12(3)4)22(20,21)14-7-5-13(6-8-14)17-15(19)9-10-16/h5-8,11-12H,9H2,1-4H3,(H,17,19). The molecule has 1 aromatic rings. The third kappa shape index (κ3) is 4.29. The summed E-state index contributed by atoms with van der Waals surface area (Å²) in [6.07, 6.45) is -0.242. The van der Waals surface area contributed by atoms with Gasteiger partial charge >= 0.3 is 0 Å². The lowest BCUT2D eigenvalue weighted by atomic mass is 10.3. The van der Waals surface area contributed by atoms with Gasteiger partial charge in [-0.1, -0.05) is 0 Å². The maximum absolute atomic E-state index is 12.6. The van der Waals surface area contributed by atoms with Gasteiger partial charge in [0.1, 0.15) is 6.42 Å². The fraction of sp³-hybridized carbons (Fsp3) is 0.467. The van der Waals surface area contributed by atoms with Gasteiger partial charge in [-0.15, -0.1) is 0 Å². The van der Waals surface area contributed by atoms with Crippen LogP contribution in [0.4, 0.5) is 5.69 Å². The van der Waals surface area contributed by atoms with Crippen molar-refractivity contribution in [2.45, 2.75) is 51.1 Å². The lowest BCUT2D eigenvalue weighted by Gasteiger charge is -2.29. The molecular formula is C15H21N3O3S. The monoisotopic (exact) mass is 323 g/mol. The van der Waals surface area contributed by atoms with Crippen LogP contribution >= 0.6 is 0 Å². The summed E-state index contributed by atoms with van der Waals surface area (Å²) in [5.74, 6) is -0.427. The molecule has 0 saturated heterocycles. The van der Waals surface area contributed by atoms with E-state index in [0.29, 0.717) is 5.69 Å². The van der Waals surface area contributed by atoms with Gasteiger partial charge in [-0.3, -0.25) is 4.79 Å². The molecule has 1 rings (SSSR count). The van der Waals surface area contributed by atoms with E-state index in [-0.39, 0.29) is 23.4 Å². The van der Waals surface area contributed by atoms with Crippen molar-refractivity contribution < 1.29 is 13.2 Å². The predicted octanol–water partition coefficient (Wildman–Crippen LogP) is 2.35. The number of amides is 1. The van der Waals surface area contributed by atoms with E-state index in [4.69, 9.17) is 5.26 Å². The average molecular weight is 323 g/mol. The van der Waals surface area contributed by atoms with Gasteiger partial charge in [-0.2, -0.15) is 9.57 Å². The molecule has 0 atom stereocenters. The zero-order valence-corrected chi connectivity index (χ0v) is 14.0. The molecule has 1 N–H and O–H groups in total. The zero-order valence-electron chi connectivity index (χ0n) is 13.2. The van der Waals surface area contributed by atoms with E-state index >= 15 is 0 Å². The van der Waals surface area contributed by atoms with Crippen LogP contribution in [-0.4, -0.2) is 30.7 Å². The summed E-state index contributed by atoms with van der Waals surface area (Å²) in [6, 6.07) is 7.38. The number of nitrogens with one attached hydrogen (secondary N) is 1. The summed E-state index contributed by atoms with van der Waals surface area (Å²) in [4.78, 5) is 11.5. The summed E-state index contributed by atoms with van der Waals surface area (Å²) < 4.78 is 26.7. The van der Waals surface area contributed by atoms with E-state index in [0.717, 1.165) is 0 Å². The number of rotatable bonds is 6. The number of carbonyl (C=O) groups excluding carboxylic acids is 1. The van der Waals surface area contributed by atoms with E-state index in [1.165, 1.54) is 28.6 Å². The summed E-state index contributed by atoms with van der Waals surface area (Å²) in [5, 5.41) is 11.0. The minimum absolute atomic E-state index is 0.153. The Balaban J connectivity index is 3.03. The van der Waals surface area contributed by atoms with E-state index in [1.807, 2.05) is 27.7 Å². The summed E-state index contributed by atoms with van der Waals surface area (Å²) in [6.45, 7) is 7.31. The van der Waals surface area contributed by atoms with Crippen LogP contribution < -0.4 is 5.32 Å². The van der Waals surface area contributed by atoms with Gasteiger partial charge in [0.15, 0.2) is 0 Å². The molecule has 0 aliphatic rings. The fourth-order valence-corrected chi connectivity index (χ4v) is 4.09. The van der Waals surface area contributed by atoms with E-state index in [1.54, 1.807) is 6.07 Å². The van der Waals surface area contributed by atoms with E-state index in [2.05, 4.69) is 5.32 Å². The van der Waals surface area contributed by atoms with E-state index < -0.39 is 15.9 Å². The van der Waals surface area contributed by atoms with Gasteiger partial charge in [0.25, 0.3) is 0 Å².